The van der Waals surface area contributed by atoms with Crippen molar-refractivity contribution in [3.63, 3.8) is 0 Å². The number of anilines is 2. The minimum absolute atomic E-state index is 0.0701. The molecule has 1 saturated heterocycles. The monoisotopic (exact) mass is 599 g/mol. The summed E-state index contributed by atoms with van der Waals surface area (Å²) in [5.41, 5.74) is -3.15. The molecule has 0 saturated carbocycles. The lowest BCUT2D eigenvalue weighted by molar-refractivity contribution is -0.137. The van der Waals surface area contributed by atoms with Gasteiger partial charge in [0.15, 0.2) is 9.84 Å². The van der Waals surface area contributed by atoms with E-state index in [0.717, 1.165) is 12.1 Å². The minimum atomic E-state index is -4.89. The van der Waals surface area contributed by atoms with Crippen LogP contribution in [-0.2, 0) is 26.0 Å². The maximum absolute atomic E-state index is 13.3. The average molecular weight is 600 g/mol. The second kappa shape index (κ2) is 11.1. The number of carbonyl (C=O) groups is 1. The number of alkyl halides is 6. The molecule has 214 valence electrons. The van der Waals surface area contributed by atoms with Gasteiger partial charge in [-0.2, -0.15) is 26.3 Å². The number of hydrogen-bond donors (Lipinski definition) is 2. The molecule has 2 aromatic carbocycles. The van der Waals surface area contributed by atoms with Crippen LogP contribution in [0.4, 0.5) is 37.7 Å². The second-order valence-electron chi connectivity index (χ2n) is 8.60. The maximum Gasteiger partial charge on any atom is 0.416 e. The second-order valence-corrected chi connectivity index (χ2v) is 12.6. The highest BCUT2D eigenvalue weighted by molar-refractivity contribution is 7.92. The molecule has 0 radical (unpaired) electrons. The number of rotatable bonds is 8. The lowest BCUT2D eigenvalue weighted by atomic mass is 10.1. The summed E-state index contributed by atoms with van der Waals surface area (Å²) < 4.78 is 129. The van der Waals surface area contributed by atoms with Gasteiger partial charge in [-0.1, -0.05) is 6.58 Å². The molecule has 1 fully saturated rings. The molecular formula is C23H23F6N3O5S2. The van der Waals surface area contributed by atoms with E-state index in [1.54, 1.807) is 4.90 Å². The molecule has 1 amide bonds. The van der Waals surface area contributed by atoms with Gasteiger partial charge in [-0.15, -0.1) is 0 Å². The Morgan fingerprint density at radius 1 is 0.974 bits per heavy atom. The van der Waals surface area contributed by atoms with E-state index in [9.17, 15) is 48.0 Å². The molecule has 1 heterocycles. The molecule has 16 heteroatoms. The van der Waals surface area contributed by atoms with E-state index in [1.807, 2.05) is 4.72 Å². The molecule has 0 aromatic heterocycles. The number of benzene rings is 2. The average Bonchev–Trinajstić information content (AvgIpc) is 2.82. The van der Waals surface area contributed by atoms with E-state index in [4.69, 9.17) is 0 Å². The van der Waals surface area contributed by atoms with E-state index < -0.39 is 73.5 Å². The molecule has 39 heavy (non-hydrogen) atoms. The van der Waals surface area contributed by atoms with Gasteiger partial charge in [-0.25, -0.2) is 16.8 Å². The lowest BCUT2D eigenvalue weighted by Gasteiger charge is -2.28. The number of sulfonamides is 1. The fourth-order valence-corrected chi connectivity index (χ4v) is 5.85. The summed E-state index contributed by atoms with van der Waals surface area (Å²) in [7, 11) is -7.67. The molecule has 0 spiro atoms. The highest BCUT2D eigenvalue weighted by Gasteiger charge is 2.33. The lowest BCUT2D eigenvalue weighted by Crippen LogP contribution is -2.40. The summed E-state index contributed by atoms with van der Waals surface area (Å²) in [6.07, 6.45) is -10.3. The van der Waals surface area contributed by atoms with Gasteiger partial charge in [-0.05, 0) is 48.9 Å². The molecule has 0 unspecified atom stereocenters. The zero-order valence-electron chi connectivity index (χ0n) is 20.1. The van der Waals surface area contributed by atoms with Crippen molar-refractivity contribution in [2.75, 3.05) is 40.8 Å². The van der Waals surface area contributed by atoms with Crippen LogP contribution in [-0.4, -0.2) is 60.1 Å². The number of nitrogens with one attached hydrogen (secondary N) is 2. The Labute approximate surface area is 220 Å². The predicted molar refractivity (Wildman–Crippen MR) is 132 cm³/mol. The standard InChI is InChI=1S/C23H23F6N3O5S2/c1-15(22(24,25)26)8-9-30-21(33)19-7-2-16(23(27,28)29)14-20(19)31-39(36,37)18-5-3-17(4-6-18)32-10-12-38(34,35)13-11-32/h2-7,14,31H,1,8-13H2,(H,30,33). The van der Waals surface area contributed by atoms with Gasteiger partial charge in [0.25, 0.3) is 15.9 Å². The molecule has 2 N–H and O–H groups in total. The van der Waals surface area contributed by atoms with Gasteiger partial charge in [0.2, 0.25) is 0 Å². The van der Waals surface area contributed by atoms with Crippen molar-refractivity contribution >= 4 is 37.1 Å². The van der Waals surface area contributed by atoms with Crippen molar-refractivity contribution in [3.05, 3.63) is 65.7 Å². The smallest absolute Gasteiger partial charge is 0.369 e. The molecule has 8 nitrogen and oxygen atoms in total. The molecule has 2 aromatic rings. The van der Waals surface area contributed by atoms with Crippen molar-refractivity contribution in [2.24, 2.45) is 0 Å². The van der Waals surface area contributed by atoms with Crippen LogP contribution in [0.15, 0.2) is 59.5 Å². The van der Waals surface area contributed by atoms with E-state index >= 15 is 0 Å². The fourth-order valence-electron chi connectivity index (χ4n) is 3.58. The highest BCUT2D eigenvalue weighted by Crippen LogP contribution is 2.33. The first-order valence-corrected chi connectivity index (χ1v) is 14.5. The molecule has 3 rings (SSSR count). The van der Waals surface area contributed by atoms with Gasteiger partial charge in [0.05, 0.1) is 33.2 Å². The quantitative estimate of drug-likeness (QED) is 0.351. The van der Waals surface area contributed by atoms with E-state index in [0.29, 0.717) is 23.9 Å². The summed E-state index contributed by atoms with van der Waals surface area (Å²) >= 11 is 0. The number of halogens is 6. The van der Waals surface area contributed by atoms with Gasteiger partial charge in [0.1, 0.15) is 0 Å². The molecule has 0 bridgehead atoms. The first-order valence-electron chi connectivity index (χ1n) is 11.2. The van der Waals surface area contributed by atoms with Crippen molar-refractivity contribution in [3.8, 4) is 0 Å². The first-order chi connectivity index (χ1) is 17.9. The van der Waals surface area contributed by atoms with Crippen molar-refractivity contribution in [1.29, 1.82) is 0 Å². The van der Waals surface area contributed by atoms with Gasteiger partial charge >= 0.3 is 12.4 Å². The summed E-state index contributed by atoms with van der Waals surface area (Å²) in [6, 6.07) is 6.79. The number of hydrogen-bond acceptors (Lipinski definition) is 6. The zero-order chi connectivity index (χ0) is 29.2. The molecule has 0 aliphatic carbocycles. The van der Waals surface area contributed by atoms with Crippen LogP contribution in [0.5, 0.6) is 0 Å². The summed E-state index contributed by atoms with van der Waals surface area (Å²) in [4.78, 5) is 13.9. The number of carbonyl (C=O) groups excluding carboxylic acids is 1. The number of amides is 1. The Balaban J connectivity index is 1.83. The number of nitrogens with zero attached hydrogens (tertiary/aromatic N) is 1. The largest absolute Gasteiger partial charge is 0.416 e. The molecule has 1 aliphatic heterocycles. The summed E-state index contributed by atoms with van der Waals surface area (Å²) in [6.45, 7) is 2.70. The Hall–Kier alpha value is -3.27. The highest BCUT2D eigenvalue weighted by atomic mass is 32.2. The van der Waals surface area contributed by atoms with E-state index in [-0.39, 0.29) is 29.5 Å². The van der Waals surface area contributed by atoms with Gasteiger partial charge < -0.3 is 10.2 Å². The third kappa shape index (κ3) is 7.88. The third-order valence-electron chi connectivity index (χ3n) is 5.81. The van der Waals surface area contributed by atoms with Gasteiger partial charge in [0, 0.05) is 30.9 Å². The Morgan fingerprint density at radius 3 is 2.10 bits per heavy atom. The van der Waals surface area contributed by atoms with Crippen LogP contribution in [0.3, 0.4) is 0 Å². The maximum atomic E-state index is 13.3. The van der Waals surface area contributed by atoms with Crippen LogP contribution < -0.4 is 14.9 Å². The Morgan fingerprint density at radius 2 is 1.56 bits per heavy atom. The van der Waals surface area contributed by atoms with Gasteiger partial charge in [-0.3, -0.25) is 9.52 Å². The number of sulfone groups is 1. The van der Waals surface area contributed by atoms with Crippen LogP contribution in [0.1, 0.15) is 22.3 Å². The van der Waals surface area contributed by atoms with E-state index in [2.05, 4.69) is 11.9 Å². The van der Waals surface area contributed by atoms with Crippen molar-refractivity contribution < 1.29 is 48.0 Å². The summed E-state index contributed by atoms with van der Waals surface area (Å²) in [5.74, 6) is -1.25. The van der Waals surface area contributed by atoms with Crippen LogP contribution in [0.25, 0.3) is 0 Å². The molecular weight excluding hydrogens is 576 g/mol. The fraction of sp³-hybridized carbons (Fsp3) is 0.348. The zero-order valence-corrected chi connectivity index (χ0v) is 21.7. The van der Waals surface area contributed by atoms with Crippen molar-refractivity contribution in [2.45, 2.75) is 23.7 Å². The predicted octanol–water partition coefficient (Wildman–Crippen LogP) is 3.98. The SMILES string of the molecule is C=C(CCNC(=O)c1ccc(C(F)(F)F)cc1NS(=O)(=O)c1ccc(N2CCS(=O)(=O)CC2)cc1)C(F)(F)F. The summed E-state index contributed by atoms with van der Waals surface area (Å²) in [5, 5.41) is 2.11. The topological polar surface area (TPSA) is 113 Å². The molecule has 0 atom stereocenters. The third-order valence-corrected chi connectivity index (χ3v) is 8.80. The van der Waals surface area contributed by atoms with Crippen molar-refractivity contribution in [1.82, 2.24) is 5.32 Å². The molecule has 1 aliphatic rings. The minimum Gasteiger partial charge on any atom is -0.369 e. The van der Waals surface area contributed by atoms with Crippen LogP contribution in [0, 0.1) is 0 Å². The Bertz CT molecular complexity index is 1440. The Kier molecular flexibility index (Phi) is 8.60. The normalized spacial score (nSPS) is 16.0. The van der Waals surface area contributed by atoms with Crippen LogP contribution in [0.2, 0.25) is 0 Å². The van der Waals surface area contributed by atoms with Crippen LogP contribution >= 0.6 is 0 Å². The first kappa shape index (κ1) is 30.3. The van der Waals surface area contributed by atoms with E-state index in [1.165, 1.54) is 12.1 Å².